The number of anilines is 1. The van der Waals surface area contributed by atoms with Gasteiger partial charge in [0.2, 0.25) is 0 Å². The lowest BCUT2D eigenvalue weighted by molar-refractivity contribution is 0.0942. The molecule has 0 aromatic carbocycles. The van der Waals surface area contributed by atoms with E-state index in [2.05, 4.69) is 30.2 Å². The Hall–Kier alpha value is -2.48. The number of aromatic amines is 1. The molecule has 8 heteroatoms. The summed E-state index contributed by atoms with van der Waals surface area (Å²) in [5, 5.41) is 2.95. The Morgan fingerprint density at radius 1 is 1.52 bits per heavy atom. The van der Waals surface area contributed by atoms with Crippen molar-refractivity contribution < 1.29 is 9.53 Å². The number of methoxy groups -OCH3 is 1. The van der Waals surface area contributed by atoms with Crippen LogP contribution in [0, 0.1) is 6.92 Å². The zero-order valence-electron chi connectivity index (χ0n) is 13.2. The van der Waals surface area contributed by atoms with Gasteiger partial charge in [-0.25, -0.2) is 15.0 Å². The summed E-state index contributed by atoms with van der Waals surface area (Å²) in [6.45, 7) is 3.08. The number of nitrogens with one attached hydrogen (secondary N) is 2. The summed E-state index contributed by atoms with van der Waals surface area (Å²) >= 11 is 0. The molecule has 2 aromatic rings. The number of H-pyrrole nitrogens is 1. The number of aromatic nitrogens is 4. The van der Waals surface area contributed by atoms with Gasteiger partial charge in [0, 0.05) is 26.4 Å². The average molecular weight is 316 g/mol. The molecule has 0 aliphatic carbocycles. The van der Waals surface area contributed by atoms with Crippen molar-refractivity contribution in [1.82, 2.24) is 25.3 Å². The smallest absolute Gasteiger partial charge is 0.269 e. The molecule has 3 rings (SSSR count). The molecule has 8 nitrogen and oxygen atoms in total. The predicted octanol–water partition coefficient (Wildman–Crippen LogP) is 0.532. The summed E-state index contributed by atoms with van der Waals surface area (Å²) < 4.78 is 5.47. The summed E-state index contributed by atoms with van der Waals surface area (Å²) in [6, 6.07) is 1.99. The Morgan fingerprint density at radius 3 is 3.04 bits per heavy atom. The summed E-state index contributed by atoms with van der Waals surface area (Å²) in [5.74, 6) is 1.41. The van der Waals surface area contributed by atoms with Gasteiger partial charge in [0.25, 0.3) is 5.91 Å². The van der Waals surface area contributed by atoms with Crippen LogP contribution in [-0.4, -0.2) is 58.2 Å². The van der Waals surface area contributed by atoms with E-state index in [1.165, 1.54) is 6.33 Å². The standard InChI is InChI=1S/C15H20N6O2/c1-10-17-7-13(20-10)15(22)18-6-11-5-12(23-2)8-21(11)14-3-4-16-9-19-14/h3-4,7,9,11-12H,5-6,8H2,1-2H3,(H,17,20)(H,18,22)/t11-,12-/m1/s1. The molecule has 0 bridgehead atoms. The Bertz CT molecular complexity index is 659. The van der Waals surface area contributed by atoms with E-state index in [0.29, 0.717) is 12.2 Å². The van der Waals surface area contributed by atoms with Gasteiger partial charge in [0.15, 0.2) is 0 Å². The molecule has 2 N–H and O–H groups in total. The Morgan fingerprint density at radius 2 is 2.39 bits per heavy atom. The van der Waals surface area contributed by atoms with E-state index in [-0.39, 0.29) is 18.1 Å². The summed E-state index contributed by atoms with van der Waals surface area (Å²) in [5.41, 5.74) is 0.470. The first-order chi connectivity index (χ1) is 11.2. The van der Waals surface area contributed by atoms with Gasteiger partial charge in [-0.05, 0) is 19.4 Å². The number of rotatable bonds is 5. The zero-order valence-corrected chi connectivity index (χ0v) is 13.2. The number of imidazole rings is 1. The van der Waals surface area contributed by atoms with Crippen molar-refractivity contribution in [3.63, 3.8) is 0 Å². The highest BCUT2D eigenvalue weighted by Gasteiger charge is 2.33. The quantitative estimate of drug-likeness (QED) is 0.835. The van der Waals surface area contributed by atoms with Gasteiger partial charge in [-0.15, -0.1) is 0 Å². The first-order valence-electron chi connectivity index (χ1n) is 7.52. The van der Waals surface area contributed by atoms with E-state index in [1.807, 2.05) is 13.0 Å². The predicted molar refractivity (Wildman–Crippen MR) is 84.2 cm³/mol. The van der Waals surface area contributed by atoms with Crippen molar-refractivity contribution in [3.8, 4) is 0 Å². The van der Waals surface area contributed by atoms with Crippen LogP contribution < -0.4 is 10.2 Å². The van der Waals surface area contributed by atoms with Crippen LogP contribution in [0.2, 0.25) is 0 Å². The SMILES string of the molecule is CO[C@@H]1C[C@H](CNC(=O)c2cnc(C)[nH]2)N(c2ccncn2)C1. The fourth-order valence-corrected chi connectivity index (χ4v) is 2.81. The number of carbonyl (C=O) groups is 1. The van der Waals surface area contributed by atoms with Crippen LogP contribution >= 0.6 is 0 Å². The molecule has 1 amide bonds. The van der Waals surface area contributed by atoms with E-state index < -0.39 is 0 Å². The summed E-state index contributed by atoms with van der Waals surface area (Å²) in [4.78, 5) is 29.5. The Labute approximate surface area is 134 Å². The maximum atomic E-state index is 12.2. The summed E-state index contributed by atoms with van der Waals surface area (Å²) in [7, 11) is 1.71. The van der Waals surface area contributed by atoms with Crippen LogP contribution in [0.15, 0.2) is 24.8 Å². The van der Waals surface area contributed by atoms with Gasteiger partial charge >= 0.3 is 0 Å². The number of amides is 1. The van der Waals surface area contributed by atoms with Gasteiger partial charge in [0.1, 0.15) is 23.7 Å². The van der Waals surface area contributed by atoms with Gasteiger partial charge in [0.05, 0.1) is 18.3 Å². The second kappa shape index (κ2) is 6.74. The minimum Gasteiger partial charge on any atom is -0.380 e. The van der Waals surface area contributed by atoms with E-state index in [4.69, 9.17) is 4.74 Å². The maximum Gasteiger partial charge on any atom is 0.269 e. The molecule has 3 heterocycles. The Balaban J connectivity index is 1.66. The molecule has 122 valence electrons. The highest BCUT2D eigenvalue weighted by Crippen LogP contribution is 2.24. The lowest BCUT2D eigenvalue weighted by Gasteiger charge is -2.25. The van der Waals surface area contributed by atoms with E-state index in [9.17, 15) is 4.79 Å². The number of nitrogens with zero attached hydrogens (tertiary/aromatic N) is 4. The fourth-order valence-electron chi connectivity index (χ4n) is 2.81. The first kappa shape index (κ1) is 15.4. The third-order valence-electron chi connectivity index (χ3n) is 4.02. The van der Waals surface area contributed by atoms with Gasteiger partial charge in [-0.2, -0.15) is 0 Å². The molecule has 0 unspecified atom stereocenters. The molecule has 0 saturated carbocycles. The molecule has 2 aromatic heterocycles. The molecule has 1 aliphatic rings. The van der Waals surface area contributed by atoms with Crippen LogP contribution in [0.4, 0.5) is 5.82 Å². The van der Waals surface area contributed by atoms with E-state index in [1.54, 1.807) is 19.5 Å². The number of hydrogen-bond donors (Lipinski definition) is 2. The molecular formula is C15H20N6O2. The van der Waals surface area contributed by atoms with Crippen LogP contribution in [0.25, 0.3) is 0 Å². The van der Waals surface area contributed by atoms with Crippen molar-refractivity contribution in [2.75, 3.05) is 25.1 Å². The van der Waals surface area contributed by atoms with Gasteiger partial charge in [-0.1, -0.05) is 0 Å². The normalized spacial score (nSPS) is 20.7. The molecule has 2 atom stereocenters. The summed E-state index contributed by atoms with van der Waals surface area (Å²) in [6.07, 6.45) is 5.74. The molecule has 1 fully saturated rings. The van der Waals surface area contributed by atoms with E-state index >= 15 is 0 Å². The first-order valence-corrected chi connectivity index (χ1v) is 7.52. The van der Waals surface area contributed by atoms with E-state index in [0.717, 1.165) is 24.6 Å². The number of aryl methyl sites for hydroxylation is 1. The van der Waals surface area contributed by atoms with Crippen LogP contribution in [0.1, 0.15) is 22.7 Å². The molecule has 0 radical (unpaired) electrons. The maximum absolute atomic E-state index is 12.2. The second-order valence-electron chi connectivity index (χ2n) is 5.56. The third-order valence-corrected chi connectivity index (χ3v) is 4.02. The minimum atomic E-state index is -0.158. The van der Waals surface area contributed by atoms with Crippen LogP contribution in [0.5, 0.6) is 0 Å². The van der Waals surface area contributed by atoms with Crippen molar-refractivity contribution in [2.45, 2.75) is 25.5 Å². The minimum absolute atomic E-state index is 0.126. The number of ether oxygens (including phenoxy) is 1. The number of carbonyl (C=O) groups excluding carboxylic acids is 1. The third kappa shape index (κ3) is 3.48. The lowest BCUT2D eigenvalue weighted by Crippen LogP contribution is -2.40. The largest absolute Gasteiger partial charge is 0.380 e. The van der Waals surface area contributed by atoms with Crippen molar-refractivity contribution in [3.05, 3.63) is 36.3 Å². The highest BCUT2D eigenvalue weighted by molar-refractivity contribution is 5.92. The monoisotopic (exact) mass is 316 g/mol. The molecule has 1 saturated heterocycles. The number of hydrogen-bond acceptors (Lipinski definition) is 6. The zero-order chi connectivity index (χ0) is 16.2. The lowest BCUT2D eigenvalue weighted by atomic mass is 10.2. The van der Waals surface area contributed by atoms with Crippen molar-refractivity contribution in [2.24, 2.45) is 0 Å². The fraction of sp³-hybridized carbons (Fsp3) is 0.467. The molecular weight excluding hydrogens is 296 g/mol. The highest BCUT2D eigenvalue weighted by atomic mass is 16.5. The van der Waals surface area contributed by atoms with Crippen molar-refractivity contribution in [1.29, 1.82) is 0 Å². The molecule has 23 heavy (non-hydrogen) atoms. The second-order valence-corrected chi connectivity index (χ2v) is 5.56. The van der Waals surface area contributed by atoms with Gasteiger partial charge in [-0.3, -0.25) is 4.79 Å². The Kier molecular flexibility index (Phi) is 4.52. The average Bonchev–Trinajstić information content (AvgIpc) is 3.19. The van der Waals surface area contributed by atoms with Crippen LogP contribution in [-0.2, 0) is 4.74 Å². The molecule has 1 aliphatic heterocycles. The van der Waals surface area contributed by atoms with Crippen LogP contribution in [0.3, 0.4) is 0 Å². The van der Waals surface area contributed by atoms with Gasteiger partial charge < -0.3 is 19.9 Å². The molecule has 0 spiro atoms. The topological polar surface area (TPSA) is 96.0 Å². The van der Waals surface area contributed by atoms with Crippen molar-refractivity contribution >= 4 is 11.7 Å².